The zero-order chi connectivity index (χ0) is 23.0. The summed E-state index contributed by atoms with van der Waals surface area (Å²) in [5, 5.41) is 3.20. The second kappa shape index (κ2) is 8.63. The number of ether oxygens (including phenoxy) is 1. The van der Waals surface area contributed by atoms with Crippen LogP contribution in [0.3, 0.4) is 0 Å². The highest BCUT2D eigenvalue weighted by Crippen LogP contribution is 2.31. The van der Waals surface area contributed by atoms with Crippen molar-refractivity contribution in [1.29, 1.82) is 0 Å². The third-order valence-corrected chi connectivity index (χ3v) is 6.88. The van der Waals surface area contributed by atoms with Crippen LogP contribution in [-0.4, -0.2) is 61.6 Å². The number of nitrogens with one attached hydrogen (secondary N) is 1. The third-order valence-electron chi connectivity index (χ3n) is 5.63. The van der Waals surface area contributed by atoms with E-state index in [1.54, 1.807) is 23.7 Å². The van der Waals surface area contributed by atoms with Gasteiger partial charge in [-0.3, -0.25) is 4.79 Å². The predicted molar refractivity (Wildman–Crippen MR) is 119 cm³/mol. The van der Waals surface area contributed by atoms with Crippen LogP contribution >= 0.6 is 0 Å². The summed E-state index contributed by atoms with van der Waals surface area (Å²) in [5.74, 6) is 0.660. The summed E-state index contributed by atoms with van der Waals surface area (Å²) < 4.78 is 33.1. The first-order chi connectivity index (χ1) is 14.4. The van der Waals surface area contributed by atoms with E-state index in [1.165, 1.54) is 10.6 Å². The molecule has 1 amide bonds. The fraction of sp³-hybridized carbons (Fsp3) is 0.545. The van der Waals surface area contributed by atoms with Gasteiger partial charge < -0.3 is 9.64 Å². The maximum absolute atomic E-state index is 13.2. The Morgan fingerprint density at radius 2 is 1.97 bits per heavy atom. The number of aromatic amines is 1. The fourth-order valence-electron chi connectivity index (χ4n) is 3.88. The second-order valence-corrected chi connectivity index (χ2v) is 11.1. The highest BCUT2D eigenvalue weighted by molar-refractivity contribution is 7.88. The summed E-state index contributed by atoms with van der Waals surface area (Å²) >= 11 is 0. The number of H-pyrrole nitrogens is 1. The van der Waals surface area contributed by atoms with Crippen LogP contribution in [0.15, 0.2) is 24.3 Å². The molecule has 9 heteroatoms. The SMILES string of the molecule is CN(CCOc1ccccc1C(C)(C)C)C(=O)c1c2c([nH][n+]1C)CCN(S(C)(=O)=O)C2. The van der Waals surface area contributed by atoms with Crippen LogP contribution in [0.25, 0.3) is 0 Å². The number of amides is 1. The molecule has 0 aliphatic carbocycles. The van der Waals surface area contributed by atoms with E-state index in [2.05, 4.69) is 31.9 Å². The van der Waals surface area contributed by atoms with Crippen molar-refractivity contribution >= 4 is 15.9 Å². The molecule has 170 valence electrons. The Hall–Kier alpha value is -2.39. The van der Waals surface area contributed by atoms with E-state index < -0.39 is 10.0 Å². The molecule has 0 saturated heterocycles. The number of fused-ring (bicyclic) bond motifs is 1. The van der Waals surface area contributed by atoms with Crippen LogP contribution in [0.4, 0.5) is 0 Å². The maximum Gasteiger partial charge on any atom is 0.321 e. The molecule has 3 rings (SSSR count). The number of para-hydroxylation sites is 1. The number of hydrogen-bond donors (Lipinski definition) is 1. The van der Waals surface area contributed by atoms with Crippen molar-refractivity contribution in [3.8, 4) is 5.75 Å². The van der Waals surface area contributed by atoms with Crippen LogP contribution in [0.1, 0.15) is 48.1 Å². The van der Waals surface area contributed by atoms with Gasteiger partial charge in [0.25, 0.3) is 5.69 Å². The second-order valence-electron chi connectivity index (χ2n) is 9.14. The Balaban J connectivity index is 1.71. The summed E-state index contributed by atoms with van der Waals surface area (Å²) in [7, 11) is 0.194. The highest BCUT2D eigenvalue weighted by Gasteiger charge is 2.36. The standard InChI is InChI=1S/C22H32N4O4S/c1-22(2,3)17-9-7-8-10-19(17)30-14-13-24(4)21(27)20-16-15-26(31(6,28)29)12-11-18(16)23-25(20)5/h7-10H,11-15H2,1-6H3/p+1. The van der Waals surface area contributed by atoms with Crippen LogP contribution in [-0.2, 0) is 35.5 Å². The number of likely N-dealkylation sites (N-methyl/N-ethyl adjacent to an activating group) is 1. The Labute approximate surface area is 184 Å². The van der Waals surface area contributed by atoms with Gasteiger partial charge in [0.1, 0.15) is 12.4 Å². The van der Waals surface area contributed by atoms with Gasteiger partial charge in [-0.1, -0.05) is 39.0 Å². The molecule has 1 aromatic heterocycles. The zero-order valence-corrected chi connectivity index (χ0v) is 20.0. The predicted octanol–water partition coefficient (Wildman–Crippen LogP) is 1.61. The molecular weight excluding hydrogens is 416 g/mol. The monoisotopic (exact) mass is 449 g/mol. The van der Waals surface area contributed by atoms with Crippen molar-refractivity contribution in [3.63, 3.8) is 0 Å². The molecule has 0 unspecified atom stereocenters. The summed E-state index contributed by atoms with van der Waals surface area (Å²) in [4.78, 5) is 14.8. The minimum atomic E-state index is -3.32. The van der Waals surface area contributed by atoms with Crippen LogP contribution < -0.4 is 9.42 Å². The van der Waals surface area contributed by atoms with Gasteiger partial charge in [-0.2, -0.15) is 9.40 Å². The van der Waals surface area contributed by atoms with Crippen molar-refractivity contribution < 1.29 is 22.6 Å². The topological polar surface area (TPSA) is 86.6 Å². The maximum atomic E-state index is 13.2. The van der Waals surface area contributed by atoms with Crippen LogP contribution in [0.5, 0.6) is 5.75 Å². The lowest BCUT2D eigenvalue weighted by molar-refractivity contribution is -0.729. The third kappa shape index (κ3) is 5.10. The Morgan fingerprint density at radius 3 is 2.61 bits per heavy atom. The lowest BCUT2D eigenvalue weighted by Crippen LogP contribution is -2.43. The zero-order valence-electron chi connectivity index (χ0n) is 19.2. The molecule has 0 atom stereocenters. The largest absolute Gasteiger partial charge is 0.491 e. The number of carbonyl (C=O) groups excluding carboxylic acids is 1. The van der Waals surface area contributed by atoms with E-state index in [-0.39, 0.29) is 17.9 Å². The number of nitrogens with zero attached hydrogens (tertiary/aromatic N) is 3. The quantitative estimate of drug-likeness (QED) is 0.679. The number of aromatic nitrogens is 2. The van der Waals surface area contributed by atoms with E-state index >= 15 is 0 Å². The van der Waals surface area contributed by atoms with Gasteiger partial charge >= 0.3 is 5.91 Å². The summed E-state index contributed by atoms with van der Waals surface area (Å²) in [6.07, 6.45) is 1.75. The average molecular weight is 450 g/mol. The van der Waals surface area contributed by atoms with Gasteiger partial charge in [-0.25, -0.2) is 8.42 Å². The molecule has 0 radical (unpaired) electrons. The molecule has 0 fully saturated rings. The van der Waals surface area contributed by atoms with Gasteiger partial charge in [0.05, 0.1) is 24.1 Å². The first-order valence-corrected chi connectivity index (χ1v) is 12.3. The van der Waals surface area contributed by atoms with Gasteiger partial charge in [0.15, 0.2) is 7.05 Å². The summed E-state index contributed by atoms with van der Waals surface area (Å²) in [5.41, 5.74) is 3.23. The lowest BCUT2D eigenvalue weighted by Gasteiger charge is -2.24. The first kappa shape index (κ1) is 23.3. The molecule has 2 aromatic rings. The van der Waals surface area contributed by atoms with Crippen LogP contribution in [0, 0.1) is 0 Å². The van der Waals surface area contributed by atoms with E-state index in [1.807, 2.05) is 18.2 Å². The van der Waals surface area contributed by atoms with E-state index in [4.69, 9.17) is 4.74 Å². The van der Waals surface area contributed by atoms with Gasteiger partial charge in [-0.15, -0.1) is 4.68 Å². The fourth-order valence-corrected chi connectivity index (χ4v) is 4.67. The van der Waals surface area contributed by atoms with Gasteiger partial charge in [-0.05, 0) is 17.0 Å². The molecular formula is C22H33N4O4S+. The van der Waals surface area contributed by atoms with Crippen LogP contribution in [0.2, 0.25) is 0 Å². The lowest BCUT2D eigenvalue weighted by atomic mass is 9.86. The minimum Gasteiger partial charge on any atom is -0.491 e. The summed E-state index contributed by atoms with van der Waals surface area (Å²) in [6.45, 7) is 7.81. The molecule has 8 nitrogen and oxygen atoms in total. The minimum absolute atomic E-state index is 0.0399. The molecule has 1 aromatic carbocycles. The number of sulfonamides is 1. The van der Waals surface area contributed by atoms with E-state index in [9.17, 15) is 13.2 Å². The number of hydrogen-bond acceptors (Lipinski definition) is 4. The molecule has 1 N–H and O–H groups in total. The number of rotatable bonds is 6. The number of aryl methyl sites for hydroxylation is 1. The number of benzene rings is 1. The Kier molecular flexibility index (Phi) is 6.48. The van der Waals surface area contributed by atoms with Gasteiger partial charge in [0.2, 0.25) is 10.0 Å². The molecule has 0 saturated carbocycles. The number of carbonyl (C=O) groups is 1. The molecule has 1 aliphatic heterocycles. The van der Waals surface area contributed by atoms with E-state index in [0.29, 0.717) is 31.8 Å². The van der Waals surface area contributed by atoms with Crippen molar-refractivity contribution in [2.45, 2.75) is 39.2 Å². The average Bonchev–Trinajstić information content (AvgIpc) is 3.01. The van der Waals surface area contributed by atoms with E-state index in [0.717, 1.165) is 22.6 Å². The van der Waals surface area contributed by atoms with Crippen molar-refractivity contribution in [2.24, 2.45) is 7.05 Å². The van der Waals surface area contributed by atoms with Crippen molar-refractivity contribution in [3.05, 3.63) is 46.8 Å². The highest BCUT2D eigenvalue weighted by atomic mass is 32.2. The molecule has 0 spiro atoms. The first-order valence-electron chi connectivity index (χ1n) is 10.4. The van der Waals surface area contributed by atoms with Crippen molar-refractivity contribution in [2.75, 3.05) is 33.0 Å². The smallest absolute Gasteiger partial charge is 0.321 e. The molecule has 2 heterocycles. The van der Waals surface area contributed by atoms with Crippen molar-refractivity contribution in [1.82, 2.24) is 14.3 Å². The Morgan fingerprint density at radius 1 is 1.29 bits per heavy atom. The van der Waals surface area contributed by atoms with Gasteiger partial charge in [0, 0.05) is 26.6 Å². The summed E-state index contributed by atoms with van der Waals surface area (Å²) in [6, 6.07) is 7.95. The molecule has 31 heavy (non-hydrogen) atoms. The molecule has 1 aliphatic rings. The Bertz CT molecular complexity index is 1070. The molecule has 0 bridgehead atoms. The normalized spacial score (nSPS) is 14.9.